The summed E-state index contributed by atoms with van der Waals surface area (Å²) in [5.41, 5.74) is 1.56. The van der Waals surface area contributed by atoms with E-state index in [9.17, 15) is 9.59 Å². The number of para-hydroxylation sites is 1. The monoisotopic (exact) mass is 387 g/mol. The zero-order chi connectivity index (χ0) is 20.2. The number of furan rings is 1. The Labute approximate surface area is 166 Å². The van der Waals surface area contributed by atoms with E-state index in [2.05, 4.69) is 5.32 Å². The van der Waals surface area contributed by atoms with Gasteiger partial charge in [-0.1, -0.05) is 18.2 Å². The highest BCUT2D eigenvalue weighted by Crippen LogP contribution is 2.32. The third-order valence-corrected chi connectivity index (χ3v) is 4.34. The summed E-state index contributed by atoms with van der Waals surface area (Å²) in [6, 6.07) is 17.6. The van der Waals surface area contributed by atoms with E-state index in [-0.39, 0.29) is 5.91 Å². The highest BCUT2D eigenvalue weighted by atomic mass is 16.5. The summed E-state index contributed by atoms with van der Waals surface area (Å²) in [4.78, 5) is 24.6. The number of ether oxygens (including phenoxy) is 1. The Hall–Kier alpha value is -4.06. The first-order valence-corrected chi connectivity index (χ1v) is 8.88. The number of hydrogen-bond acceptors (Lipinski definition) is 5. The molecule has 0 saturated heterocycles. The molecule has 4 rings (SSSR count). The van der Waals surface area contributed by atoms with Crippen molar-refractivity contribution in [2.45, 2.75) is 0 Å². The molecule has 0 radical (unpaired) electrons. The number of methoxy groups -OCH3 is 1. The Morgan fingerprint density at radius 2 is 1.90 bits per heavy atom. The average Bonchev–Trinajstić information content (AvgIpc) is 3.25. The SMILES string of the molecule is COc1cc(NC(=O)C=Cc2ccco2)ccc1-c1cc2ccccc2oc1=O. The number of hydrogen-bond donors (Lipinski definition) is 1. The summed E-state index contributed by atoms with van der Waals surface area (Å²) >= 11 is 0. The first-order chi connectivity index (χ1) is 14.1. The van der Waals surface area contributed by atoms with Crippen LogP contribution < -0.4 is 15.7 Å². The molecule has 6 heteroatoms. The number of rotatable bonds is 5. The topological polar surface area (TPSA) is 81.7 Å². The van der Waals surface area contributed by atoms with Gasteiger partial charge < -0.3 is 18.9 Å². The number of carbonyl (C=O) groups is 1. The lowest BCUT2D eigenvalue weighted by Gasteiger charge is -2.11. The molecule has 0 spiro atoms. The Balaban J connectivity index is 1.63. The average molecular weight is 387 g/mol. The highest BCUT2D eigenvalue weighted by Gasteiger charge is 2.13. The number of fused-ring (bicyclic) bond motifs is 1. The van der Waals surface area contributed by atoms with Gasteiger partial charge in [0.25, 0.3) is 0 Å². The predicted octanol–water partition coefficient (Wildman–Crippen LogP) is 4.71. The van der Waals surface area contributed by atoms with Crippen molar-refractivity contribution in [3.8, 4) is 16.9 Å². The standard InChI is InChI=1S/C23H17NO5/c1-27-21-14-16(24-22(25)11-9-17-6-4-12-28-17)8-10-18(21)19-13-15-5-2-3-7-20(15)29-23(19)26/h2-14H,1H3,(H,24,25). The second-order valence-corrected chi connectivity index (χ2v) is 6.24. The molecular weight excluding hydrogens is 370 g/mol. The lowest BCUT2D eigenvalue weighted by atomic mass is 10.0. The van der Waals surface area contributed by atoms with Crippen molar-refractivity contribution in [2.75, 3.05) is 12.4 Å². The number of amides is 1. The molecule has 0 fully saturated rings. The van der Waals surface area contributed by atoms with Gasteiger partial charge in [0.05, 0.1) is 18.9 Å². The fourth-order valence-corrected chi connectivity index (χ4v) is 2.97. The molecule has 0 aliphatic carbocycles. The van der Waals surface area contributed by atoms with Crippen LogP contribution in [0.3, 0.4) is 0 Å². The van der Waals surface area contributed by atoms with Crippen LogP contribution in [-0.4, -0.2) is 13.0 Å². The first-order valence-electron chi connectivity index (χ1n) is 8.88. The molecule has 0 bridgehead atoms. The molecule has 0 aliphatic heterocycles. The van der Waals surface area contributed by atoms with Gasteiger partial charge in [-0.25, -0.2) is 4.79 Å². The number of nitrogens with one attached hydrogen (secondary N) is 1. The predicted molar refractivity (Wildman–Crippen MR) is 111 cm³/mol. The maximum atomic E-state index is 12.5. The van der Waals surface area contributed by atoms with Crippen molar-refractivity contribution in [3.05, 3.63) is 89.2 Å². The van der Waals surface area contributed by atoms with Crippen LogP contribution in [0.2, 0.25) is 0 Å². The molecule has 0 saturated carbocycles. The molecule has 6 nitrogen and oxygen atoms in total. The van der Waals surface area contributed by atoms with Crippen LogP contribution in [-0.2, 0) is 4.79 Å². The maximum absolute atomic E-state index is 12.5. The van der Waals surface area contributed by atoms with Crippen molar-refractivity contribution >= 4 is 28.6 Å². The minimum atomic E-state index is -0.458. The number of carbonyl (C=O) groups excluding carboxylic acids is 1. The minimum Gasteiger partial charge on any atom is -0.496 e. The molecule has 2 heterocycles. The third-order valence-electron chi connectivity index (χ3n) is 4.34. The van der Waals surface area contributed by atoms with E-state index in [1.165, 1.54) is 19.4 Å². The molecule has 29 heavy (non-hydrogen) atoms. The molecule has 0 unspecified atom stereocenters. The van der Waals surface area contributed by atoms with Gasteiger partial charge >= 0.3 is 5.63 Å². The van der Waals surface area contributed by atoms with Crippen molar-refractivity contribution in [2.24, 2.45) is 0 Å². The summed E-state index contributed by atoms with van der Waals surface area (Å²) in [7, 11) is 1.50. The molecule has 2 aromatic carbocycles. The Morgan fingerprint density at radius 3 is 2.69 bits per heavy atom. The van der Waals surface area contributed by atoms with Gasteiger partial charge in [-0.2, -0.15) is 0 Å². The molecule has 0 aliphatic rings. The van der Waals surface area contributed by atoms with Crippen LogP contribution in [0.15, 0.2) is 86.6 Å². The van der Waals surface area contributed by atoms with Gasteiger partial charge in [0.1, 0.15) is 17.1 Å². The van der Waals surface area contributed by atoms with E-state index in [0.29, 0.717) is 33.9 Å². The maximum Gasteiger partial charge on any atom is 0.344 e. The lowest BCUT2D eigenvalue weighted by Crippen LogP contribution is -2.08. The first kappa shape index (κ1) is 18.3. The van der Waals surface area contributed by atoms with Crippen molar-refractivity contribution in [3.63, 3.8) is 0 Å². The van der Waals surface area contributed by atoms with Crippen LogP contribution >= 0.6 is 0 Å². The summed E-state index contributed by atoms with van der Waals surface area (Å²) in [6.07, 6.45) is 4.48. The van der Waals surface area contributed by atoms with Crippen molar-refractivity contribution in [1.29, 1.82) is 0 Å². The fourth-order valence-electron chi connectivity index (χ4n) is 2.97. The quantitative estimate of drug-likeness (QED) is 0.396. The third kappa shape index (κ3) is 3.96. The van der Waals surface area contributed by atoms with E-state index in [1.54, 1.807) is 48.5 Å². The second kappa shape index (κ2) is 7.90. The summed E-state index contributed by atoms with van der Waals surface area (Å²) in [6.45, 7) is 0. The summed E-state index contributed by atoms with van der Waals surface area (Å²) in [5.74, 6) is 0.706. The summed E-state index contributed by atoms with van der Waals surface area (Å²) < 4.78 is 16.0. The summed E-state index contributed by atoms with van der Waals surface area (Å²) in [5, 5.41) is 3.56. The van der Waals surface area contributed by atoms with Crippen molar-refractivity contribution < 1.29 is 18.4 Å². The zero-order valence-corrected chi connectivity index (χ0v) is 15.5. The van der Waals surface area contributed by atoms with E-state index in [4.69, 9.17) is 13.6 Å². The Bertz CT molecular complexity index is 1250. The van der Waals surface area contributed by atoms with Crippen LogP contribution in [0.4, 0.5) is 5.69 Å². The fraction of sp³-hybridized carbons (Fsp3) is 0.0435. The van der Waals surface area contributed by atoms with Crippen LogP contribution in [0, 0.1) is 0 Å². The molecule has 144 valence electrons. The van der Waals surface area contributed by atoms with E-state index >= 15 is 0 Å². The molecule has 4 aromatic rings. The van der Waals surface area contributed by atoms with Gasteiger partial charge in [-0.3, -0.25) is 4.79 Å². The lowest BCUT2D eigenvalue weighted by molar-refractivity contribution is -0.111. The van der Waals surface area contributed by atoms with E-state index in [1.807, 2.05) is 18.2 Å². The van der Waals surface area contributed by atoms with Gasteiger partial charge in [0.15, 0.2) is 0 Å². The second-order valence-electron chi connectivity index (χ2n) is 6.24. The zero-order valence-electron chi connectivity index (χ0n) is 15.5. The van der Waals surface area contributed by atoms with Crippen LogP contribution in [0.5, 0.6) is 5.75 Å². The van der Waals surface area contributed by atoms with Gasteiger partial charge in [-0.15, -0.1) is 0 Å². The molecular formula is C23H17NO5. The number of benzene rings is 2. The van der Waals surface area contributed by atoms with Gasteiger partial charge in [0.2, 0.25) is 5.91 Å². The number of anilines is 1. The van der Waals surface area contributed by atoms with E-state index < -0.39 is 5.63 Å². The normalized spacial score (nSPS) is 11.1. The minimum absolute atomic E-state index is 0.318. The molecule has 2 aromatic heterocycles. The van der Waals surface area contributed by atoms with Crippen LogP contribution in [0.25, 0.3) is 28.2 Å². The molecule has 1 amide bonds. The Kier molecular flexibility index (Phi) is 4.99. The van der Waals surface area contributed by atoms with Gasteiger partial charge in [0, 0.05) is 28.8 Å². The Morgan fingerprint density at radius 1 is 1.03 bits per heavy atom. The van der Waals surface area contributed by atoms with Crippen molar-refractivity contribution in [1.82, 2.24) is 0 Å². The van der Waals surface area contributed by atoms with Crippen LogP contribution in [0.1, 0.15) is 5.76 Å². The highest BCUT2D eigenvalue weighted by molar-refractivity contribution is 6.02. The van der Waals surface area contributed by atoms with Gasteiger partial charge in [-0.05, 0) is 42.5 Å². The molecule has 0 atom stereocenters. The molecule has 1 N–H and O–H groups in total. The smallest absolute Gasteiger partial charge is 0.344 e. The largest absolute Gasteiger partial charge is 0.496 e. The van der Waals surface area contributed by atoms with E-state index in [0.717, 1.165) is 5.39 Å².